The lowest BCUT2D eigenvalue weighted by atomic mass is 10.1. The predicted molar refractivity (Wildman–Crippen MR) is 66.1 cm³/mol. The van der Waals surface area contributed by atoms with E-state index in [4.69, 9.17) is 4.74 Å². The molecular formula is C14H20O2. The molecule has 16 heavy (non-hydrogen) atoms. The van der Waals surface area contributed by atoms with Crippen molar-refractivity contribution < 1.29 is 9.53 Å². The SMILES string of the molecule is C/C1=C/CCC/C=C/CC/C=C/C(=O)OC1. The second-order valence-corrected chi connectivity index (χ2v) is 4.04. The van der Waals surface area contributed by atoms with Crippen LogP contribution in [-0.4, -0.2) is 12.6 Å². The highest BCUT2D eigenvalue weighted by molar-refractivity contribution is 5.81. The van der Waals surface area contributed by atoms with Gasteiger partial charge >= 0.3 is 5.97 Å². The van der Waals surface area contributed by atoms with Gasteiger partial charge in [0.2, 0.25) is 0 Å². The first-order valence-electron chi connectivity index (χ1n) is 5.93. The Morgan fingerprint density at radius 1 is 1.06 bits per heavy atom. The Kier molecular flexibility index (Phi) is 6.31. The van der Waals surface area contributed by atoms with Crippen LogP contribution in [-0.2, 0) is 9.53 Å². The van der Waals surface area contributed by atoms with Crippen LogP contribution in [0.5, 0.6) is 0 Å². The monoisotopic (exact) mass is 220 g/mol. The van der Waals surface area contributed by atoms with E-state index in [0.29, 0.717) is 6.61 Å². The normalized spacial score (nSPS) is 27.1. The summed E-state index contributed by atoms with van der Waals surface area (Å²) in [4.78, 5) is 11.2. The third-order valence-corrected chi connectivity index (χ3v) is 2.43. The lowest BCUT2D eigenvalue weighted by Crippen LogP contribution is -2.03. The number of carbonyl (C=O) groups excluding carboxylic acids is 1. The number of ether oxygens (including phenoxy) is 1. The molecule has 0 bridgehead atoms. The van der Waals surface area contributed by atoms with E-state index in [1.54, 1.807) is 0 Å². The number of hydrogen-bond donors (Lipinski definition) is 0. The molecule has 0 unspecified atom stereocenters. The maximum Gasteiger partial charge on any atom is 0.330 e. The first-order chi connectivity index (χ1) is 7.79. The van der Waals surface area contributed by atoms with E-state index >= 15 is 0 Å². The van der Waals surface area contributed by atoms with E-state index in [1.807, 2.05) is 13.0 Å². The Balaban J connectivity index is 2.49. The first kappa shape index (κ1) is 12.8. The number of hydrogen-bond acceptors (Lipinski definition) is 2. The van der Waals surface area contributed by atoms with Gasteiger partial charge in [0, 0.05) is 6.08 Å². The number of esters is 1. The molecule has 88 valence electrons. The minimum Gasteiger partial charge on any atom is -0.458 e. The quantitative estimate of drug-likeness (QED) is 0.461. The van der Waals surface area contributed by atoms with E-state index in [-0.39, 0.29) is 5.97 Å². The molecule has 0 N–H and O–H groups in total. The topological polar surface area (TPSA) is 26.3 Å². The molecule has 1 rings (SSSR count). The highest BCUT2D eigenvalue weighted by Crippen LogP contribution is 2.05. The number of carbonyl (C=O) groups is 1. The van der Waals surface area contributed by atoms with Crippen molar-refractivity contribution in [1.82, 2.24) is 0 Å². The average molecular weight is 220 g/mol. The van der Waals surface area contributed by atoms with Crippen LogP contribution < -0.4 is 0 Å². The summed E-state index contributed by atoms with van der Waals surface area (Å²) in [6, 6.07) is 0. The highest BCUT2D eigenvalue weighted by atomic mass is 16.5. The second-order valence-electron chi connectivity index (χ2n) is 4.04. The molecule has 1 aliphatic heterocycles. The van der Waals surface area contributed by atoms with Crippen molar-refractivity contribution in [2.75, 3.05) is 6.61 Å². The van der Waals surface area contributed by atoms with E-state index in [9.17, 15) is 4.79 Å². The number of cyclic esters (lactones) is 1. The molecule has 0 spiro atoms. The van der Waals surface area contributed by atoms with Crippen LogP contribution in [0.2, 0.25) is 0 Å². The summed E-state index contributed by atoms with van der Waals surface area (Å²) in [5.74, 6) is -0.242. The molecule has 2 heteroatoms. The van der Waals surface area contributed by atoms with E-state index < -0.39 is 0 Å². The molecule has 0 amide bonds. The highest BCUT2D eigenvalue weighted by Gasteiger charge is 1.97. The summed E-state index contributed by atoms with van der Waals surface area (Å²) in [6.45, 7) is 2.41. The molecule has 0 radical (unpaired) electrons. The lowest BCUT2D eigenvalue weighted by molar-refractivity contribution is -0.136. The molecule has 1 heterocycles. The van der Waals surface area contributed by atoms with Crippen LogP contribution in [0.4, 0.5) is 0 Å². The van der Waals surface area contributed by atoms with Gasteiger partial charge in [0.25, 0.3) is 0 Å². The Hall–Kier alpha value is -1.31. The van der Waals surface area contributed by atoms with Gasteiger partial charge < -0.3 is 4.74 Å². The van der Waals surface area contributed by atoms with E-state index in [0.717, 1.165) is 37.7 Å². The van der Waals surface area contributed by atoms with Gasteiger partial charge in [0.15, 0.2) is 0 Å². The van der Waals surface area contributed by atoms with Crippen LogP contribution in [0, 0.1) is 0 Å². The molecule has 0 aliphatic carbocycles. The van der Waals surface area contributed by atoms with Crippen LogP contribution >= 0.6 is 0 Å². The average Bonchev–Trinajstić information content (AvgIpc) is 2.28. The Bertz CT molecular complexity index is 296. The zero-order valence-electron chi connectivity index (χ0n) is 9.95. The maximum absolute atomic E-state index is 11.2. The predicted octanol–water partition coefficient (Wildman–Crippen LogP) is 3.55. The fourth-order valence-electron chi connectivity index (χ4n) is 1.48. The molecule has 0 aromatic heterocycles. The molecule has 0 saturated heterocycles. The molecule has 0 fully saturated rings. The Morgan fingerprint density at radius 2 is 1.81 bits per heavy atom. The minimum absolute atomic E-state index is 0.242. The van der Waals surface area contributed by atoms with Crippen LogP contribution in [0.3, 0.4) is 0 Å². The van der Waals surface area contributed by atoms with E-state index in [1.165, 1.54) is 6.08 Å². The van der Waals surface area contributed by atoms with Crippen molar-refractivity contribution >= 4 is 5.97 Å². The molecule has 2 nitrogen and oxygen atoms in total. The summed E-state index contributed by atoms with van der Waals surface area (Å²) >= 11 is 0. The van der Waals surface area contributed by atoms with Crippen molar-refractivity contribution in [2.45, 2.75) is 39.0 Å². The van der Waals surface area contributed by atoms with Gasteiger partial charge in [0.05, 0.1) is 0 Å². The standard InChI is InChI=1S/C14H20O2/c1-13-10-8-6-4-2-3-5-7-9-11-14(15)16-12-13/h2-3,9-11H,4-8,12H2,1H3/b3-2+,11-9+,13-10-. The Morgan fingerprint density at radius 3 is 2.69 bits per heavy atom. The summed E-state index contributed by atoms with van der Waals surface area (Å²) in [7, 11) is 0. The third kappa shape index (κ3) is 6.23. The molecule has 0 aromatic rings. The first-order valence-corrected chi connectivity index (χ1v) is 5.93. The molecular weight excluding hydrogens is 200 g/mol. The molecule has 1 aliphatic rings. The number of rotatable bonds is 0. The summed E-state index contributed by atoms with van der Waals surface area (Å²) in [5, 5.41) is 0. The van der Waals surface area contributed by atoms with E-state index in [2.05, 4.69) is 18.2 Å². The second kappa shape index (κ2) is 7.91. The fraction of sp³-hybridized carbons (Fsp3) is 0.500. The van der Waals surface area contributed by atoms with Gasteiger partial charge in [-0.25, -0.2) is 4.79 Å². The van der Waals surface area contributed by atoms with Crippen molar-refractivity contribution in [3.8, 4) is 0 Å². The van der Waals surface area contributed by atoms with Gasteiger partial charge in [-0.1, -0.05) is 24.3 Å². The smallest absolute Gasteiger partial charge is 0.330 e. The Labute approximate surface area is 97.7 Å². The van der Waals surface area contributed by atoms with Crippen LogP contribution in [0.25, 0.3) is 0 Å². The van der Waals surface area contributed by atoms with Gasteiger partial charge in [-0.3, -0.25) is 0 Å². The fourth-order valence-corrected chi connectivity index (χ4v) is 1.48. The summed E-state index contributed by atoms with van der Waals surface area (Å²) < 4.78 is 5.09. The van der Waals surface area contributed by atoms with Gasteiger partial charge in [-0.05, 0) is 44.6 Å². The van der Waals surface area contributed by atoms with Gasteiger partial charge in [0.1, 0.15) is 6.61 Å². The zero-order chi connectivity index (χ0) is 11.6. The summed E-state index contributed by atoms with van der Waals surface area (Å²) in [5.41, 5.74) is 1.13. The van der Waals surface area contributed by atoms with Crippen LogP contribution in [0.1, 0.15) is 39.0 Å². The van der Waals surface area contributed by atoms with Crippen molar-refractivity contribution in [1.29, 1.82) is 0 Å². The van der Waals surface area contributed by atoms with Gasteiger partial charge in [-0.15, -0.1) is 0 Å². The third-order valence-electron chi connectivity index (χ3n) is 2.43. The molecule has 0 aromatic carbocycles. The van der Waals surface area contributed by atoms with Crippen molar-refractivity contribution in [3.05, 3.63) is 36.0 Å². The van der Waals surface area contributed by atoms with Crippen LogP contribution in [0.15, 0.2) is 36.0 Å². The molecule has 0 atom stereocenters. The zero-order valence-corrected chi connectivity index (χ0v) is 9.95. The molecule has 0 saturated carbocycles. The largest absolute Gasteiger partial charge is 0.458 e. The summed E-state index contributed by atoms with van der Waals surface area (Å²) in [6.07, 6.45) is 15.2. The van der Waals surface area contributed by atoms with Crippen molar-refractivity contribution in [3.63, 3.8) is 0 Å². The minimum atomic E-state index is -0.242. The van der Waals surface area contributed by atoms with Gasteiger partial charge in [-0.2, -0.15) is 0 Å². The maximum atomic E-state index is 11.2. The number of allylic oxidation sites excluding steroid dienone is 4. The lowest BCUT2D eigenvalue weighted by Gasteiger charge is -2.02. The van der Waals surface area contributed by atoms with Crippen molar-refractivity contribution in [2.24, 2.45) is 0 Å².